The first kappa shape index (κ1) is 24.9. The average molecular weight is 492 g/mol. The number of nitro groups is 1. The van der Waals surface area contributed by atoms with Gasteiger partial charge in [0.15, 0.2) is 5.69 Å². The summed E-state index contributed by atoms with van der Waals surface area (Å²) < 4.78 is 40.7. The third-order valence-electron chi connectivity index (χ3n) is 4.67. The number of sulfonamides is 1. The number of hydrogen-bond donors (Lipinski definition) is 2. The lowest BCUT2D eigenvalue weighted by Gasteiger charge is -2.15. The Morgan fingerprint density at radius 3 is 2.65 bits per heavy atom. The molecule has 3 aromatic rings. The fourth-order valence-electron chi connectivity index (χ4n) is 3.14. The van der Waals surface area contributed by atoms with Gasteiger partial charge in [-0.05, 0) is 45.9 Å². The highest BCUT2D eigenvalue weighted by molar-refractivity contribution is 7.89. The molecule has 0 bridgehead atoms. The second kappa shape index (κ2) is 10.1. The van der Waals surface area contributed by atoms with E-state index >= 15 is 0 Å². The molecule has 0 fully saturated rings. The van der Waals surface area contributed by atoms with Crippen LogP contribution in [0.1, 0.15) is 42.6 Å². The molecule has 182 valence electrons. The van der Waals surface area contributed by atoms with E-state index in [9.17, 15) is 23.3 Å². The molecule has 13 heteroatoms. The quantitative estimate of drug-likeness (QED) is 0.323. The second-order valence-corrected chi connectivity index (χ2v) is 9.31. The van der Waals surface area contributed by atoms with Crippen molar-refractivity contribution in [2.24, 2.45) is 0 Å². The molecule has 1 aromatic carbocycles. The van der Waals surface area contributed by atoms with Gasteiger partial charge in [-0.2, -0.15) is 5.10 Å². The van der Waals surface area contributed by atoms with Crippen molar-refractivity contribution in [3.8, 4) is 11.6 Å². The average Bonchev–Trinajstić information content (AvgIpc) is 3.39. The molecule has 1 amide bonds. The Kier molecular flexibility index (Phi) is 7.37. The number of non-ortho nitro benzene ring substituents is 1. The molecule has 0 saturated heterocycles. The topological polar surface area (TPSA) is 159 Å². The van der Waals surface area contributed by atoms with Crippen LogP contribution in [0.25, 0.3) is 0 Å². The van der Waals surface area contributed by atoms with Crippen molar-refractivity contribution < 1.29 is 27.3 Å². The van der Waals surface area contributed by atoms with Gasteiger partial charge in [-0.1, -0.05) is 0 Å². The van der Waals surface area contributed by atoms with E-state index in [1.165, 1.54) is 17.0 Å². The number of carbonyl (C=O) groups excluding carboxylic acids is 1. The van der Waals surface area contributed by atoms with E-state index in [4.69, 9.17) is 9.15 Å². The van der Waals surface area contributed by atoms with Crippen LogP contribution in [0.3, 0.4) is 0 Å². The Labute approximate surface area is 196 Å². The van der Waals surface area contributed by atoms with Crippen molar-refractivity contribution in [2.75, 3.05) is 0 Å². The minimum Gasteiger partial charge on any atom is -0.467 e. The number of aryl methyl sites for hydroxylation is 1. The summed E-state index contributed by atoms with van der Waals surface area (Å²) in [5.41, 5.74) is 0.0579. The van der Waals surface area contributed by atoms with Crippen molar-refractivity contribution in [2.45, 2.75) is 51.7 Å². The summed E-state index contributed by atoms with van der Waals surface area (Å²) in [4.78, 5) is 22.8. The Bertz CT molecular complexity index is 1300. The van der Waals surface area contributed by atoms with Crippen LogP contribution in [0.15, 0.2) is 45.9 Å². The first-order valence-electron chi connectivity index (χ1n) is 10.4. The molecule has 0 aliphatic rings. The number of nitro benzene ring substituents is 1. The van der Waals surface area contributed by atoms with E-state index in [0.717, 1.165) is 12.1 Å². The molecule has 12 nitrogen and oxygen atoms in total. The number of furan rings is 1. The molecule has 34 heavy (non-hydrogen) atoms. The highest BCUT2D eigenvalue weighted by Crippen LogP contribution is 2.34. The summed E-state index contributed by atoms with van der Waals surface area (Å²) in [5, 5.41) is 18.2. The summed E-state index contributed by atoms with van der Waals surface area (Å²) in [6, 6.07) is 6.24. The first-order valence-corrected chi connectivity index (χ1v) is 11.9. The maximum Gasteiger partial charge on any atom is 0.272 e. The van der Waals surface area contributed by atoms with E-state index in [0.29, 0.717) is 17.9 Å². The van der Waals surface area contributed by atoms with Crippen molar-refractivity contribution in [3.05, 3.63) is 63.7 Å². The van der Waals surface area contributed by atoms with Gasteiger partial charge in [-0.25, -0.2) is 17.8 Å². The molecule has 2 N–H and O–H groups in total. The molecular formula is C21H25N5O7S. The lowest BCUT2D eigenvalue weighted by atomic mass is 10.2. The molecule has 0 saturated carbocycles. The van der Waals surface area contributed by atoms with E-state index in [1.54, 1.807) is 39.8 Å². The number of benzene rings is 1. The largest absolute Gasteiger partial charge is 0.467 e. The third-order valence-corrected chi connectivity index (χ3v) is 6.35. The molecule has 0 atom stereocenters. The zero-order valence-corrected chi connectivity index (χ0v) is 19.9. The maximum atomic E-state index is 12.9. The van der Waals surface area contributed by atoms with Crippen LogP contribution in [0.2, 0.25) is 0 Å². The number of aromatic nitrogens is 2. The van der Waals surface area contributed by atoms with Crippen LogP contribution < -0.4 is 14.8 Å². The van der Waals surface area contributed by atoms with E-state index < -0.39 is 37.5 Å². The number of rotatable bonds is 10. The molecule has 0 spiro atoms. The normalized spacial score (nSPS) is 11.6. The second-order valence-electron chi connectivity index (χ2n) is 7.62. The van der Waals surface area contributed by atoms with Crippen LogP contribution in [0, 0.1) is 17.0 Å². The zero-order chi connectivity index (χ0) is 25.0. The van der Waals surface area contributed by atoms with Crippen molar-refractivity contribution in [1.29, 1.82) is 0 Å². The van der Waals surface area contributed by atoms with Gasteiger partial charge in [0.05, 0.1) is 17.7 Å². The van der Waals surface area contributed by atoms with Gasteiger partial charge < -0.3 is 14.5 Å². The highest BCUT2D eigenvalue weighted by Gasteiger charge is 2.27. The Hall–Kier alpha value is -3.71. The van der Waals surface area contributed by atoms with Gasteiger partial charge >= 0.3 is 0 Å². The van der Waals surface area contributed by atoms with Crippen LogP contribution in [-0.4, -0.2) is 35.1 Å². The fraction of sp³-hybridized carbons (Fsp3) is 0.333. The standard InChI is InChI=1S/C21H25N5O7S/c1-5-25-21(14(4)19(23-25)20(27)22-12-16-7-6-10-32-16)33-17-9-8-15(26(28)29)11-18(17)34(30,31)24-13(2)3/h6-11,13,24H,5,12H2,1-4H3,(H,22,27). The number of amides is 1. The highest BCUT2D eigenvalue weighted by atomic mass is 32.2. The Balaban J connectivity index is 1.98. The van der Waals surface area contributed by atoms with Crippen molar-refractivity contribution in [3.63, 3.8) is 0 Å². The fourth-order valence-corrected chi connectivity index (χ4v) is 4.54. The Morgan fingerprint density at radius 1 is 1.32 bits per heavy atom. The van der Waals surface area contributed by atoms with Crippen LogP contribution in [-0.2, 0) is 23.1 Å². The van der Waals surface area contributed by atoms with Gasteiger partial charge in [0.2, 0.25) is 15.9 Å². The van der Waals surface area contributed by atoms with Gasteiger partial charge in [0.1, 0.15) is 16.4 Å². The molecule has 2 heterocycles. The van der Waals surface area contributed by atoms with Gasteiger partial charge in [-0.15, -0.1) is 0 Å². The van der Waals surface area contributed by atoms with Crippen molar-refractivity contribution >= 4 is 21.6 Å². The minimum atomic E-state index is -4.14. The van der Waals surface area contributed by atoms with Gasteiger partial charge in [0, 0.05) is 30.3 Å². The molecule has 0 radical (unpaired) electrons. The number of carbonyl (C=O) groups is 1. The van der Waals surface area contributed by atoms with Crippen molar-refractivity contribution in [1.82, 2.24) is 19.8 Å². The summed E-state index contributed by atoms with van der Waals surface area (Å²) >= 11 is 0. The van der Waals surface area contributed by atoms with Crippen LogP contribution in [0.4, 0.5) is 5.69 Å². The monoisotopic (exact) mass is 491 g/mol. The smallest absolute Gasteiger partial charge is 0.272 e. The number of nitrogens with zero attached hydrogens (tertiary/aromatic N) is 3. The molecule has 0 aliphatic heterocycles. The third kappa shape index (κ3) is 5.43. The van der Waals surface area contributed by atoms with E-state index in [-0.39, 0.29) is 23.9 Å². The molecule has 3 rings (SSSR count). The maximum absolute atomic E-state index is 12.9. The summed E-state index contributed by atoms with van der Waals surface area (Å²) in [5.74, 6) is 0.0965. The summed E-state index contributed by atoms with van der Waals surface area (Å²) in [7, 11) is -4.14. The van der Waals surface area contributed by atoms with E-state index in [1.807, 2.05) is 0 Å². The van der Waals surface area contributed by atoms with Crippen LogP contribution >= 0.6 is 0 Å². The lowest BCUT2D eigenvalue weighted by molar-refractivity contribution is -0.385. The summed E-state index contributed by atoms with van der Waals surface area (Å²) in [6.07, 6.45) is 1.49. The van der Waals surface area contributed by atoms with Gasteiger partial charge in [0.25, 0.3) is 11.6 Å². The van der Waals surface area contributed by atoms with Crippen LogP contribution in [0.5, 0.6) is 11.6 Å². The minimum absolute atomic E-state index is 0.0926. The molecule has 2 aromatic heterocycles. The SMILES string of the molecule is CCn1nc(C(=O)NCc2ccco2)c(C)c1Oc1ccc([N+](=O)[O-])cc1S(=O)(=O)NC(C)C. The lowest BCUT2D eigenvalue weighted by Crippen LogP contribution is -2.30. The predicted molar refractivity (Wildman–Crippen MR) is 121 cm³/mol. The molecule has 0 unspecified atom stereocenters. The Morgan fingerprint density at radius 2 is 2.06 bits per heavy atom. The zero-order valence-electron chi connectivity index (χ0n) is 19.1. The first-order chi connectivity index (χ1) is 16.0. The molecule has 0 aliphatic carbocycles. The van der Waals surface area contributed by atoms with E-state index in [2.05, 4.69) is 15.1 Å². The van der Waals surface area contributed by atoms with Gasteiger partial charge in [-0.3, -0.25) is 14.9 Å². The number of hydrogen-bond acceptors (Lipinski definition) is 8. The number of ether oxygens (including phenoxy) is 1. The predicted octanol–water partition coefficient (Wildman–Crippen LogP) is 3.12. The number of nitrogens with one attached hydrogen (secondary N) is 2. The summed E-state index contributed by atoms with van der Waals surface area (Å²) in [6.45, 7) is 7.12. The molecular weight excluding hydrogens is 466 g/mol.